The van der Waals surface area contributed by atoms with Gasteiger partial charge in [0.05, 0.1) is 0 Å². The molecule has 4 amide bonds. The van der Waals surface area contributed by atoms with Crippen molar-refractivity contribution in [3.8, 4) is 0 Å². The molecule has 0 aliphatic carbocycles. The summed E-state index contributed by atoms with van der Waals surface area (Å²) in [6.45, 7) is 5.21. The van der Waals surface area contributed by atoms with E-state index >= 15 is 0 Å². The normalized spacial score (nSPS) is 23.2. The number of amides is 4. The van der Waals surface area contributed by atoms with E-state index in [1.807, 2.05) is 44.2 Å². The van der Waals surface area contributed by atoms with Crippen LogP contribution in [0, 0.1) is 5.92 Å². The summed E-state index contributed by atoms with van der Waals surface area (Å²) in [5, 5.41) is 10.3. The molecule has 0 bridgehead atoms. The van der Waals surface area contributed by atoms with Crippen molar-refractivity contribution in [1.82, 2.24) is 21.3 Å². The predicted octanol–water partition coefficient (Wildman–Crippen LogP) is 0.529. The molecular weight excluding hydrogens is 444 g/mol. The number of nitrogens with one attached hydrogen (secondary N) is 4. The summed E-state index contributed by atoms with van der Waals surface area (Å²) in [7, 11) is 0. The van der Waals surface area contributed by atoms with Gasteiger partial charge in [-0.3, -0.25) is 24.0 Å². The highest BCUT2D eigenvalue weighted by molar-refractivity contribution is 8.13. The second kappa shape index (κ2) is 13.0. The molecule has 180 valence electrons. The Morgan fingerprint density at radius 1 is 1.06 bits per heavy atom. The average molecular weight is 477 g/mol. The van der Waals surface area contributed by atoms with E-state index < -0.39 is 35.8 Å². The van der Waals surface area contributed by atoms with Gasteiger partial charge >= 0.3 is 0 Å². The number of benzene rings is 1. The van der Waals surface area contributed by atoms with Crippen LogP contribution >= 0.6 is 11.8 Å². The molecule has 1 heterocycles. The molecule has 1 aromatic rings. The lowest BCUT2D eigenvalue weighted by Gasteiger charge is -2.25. The van der Waals surface area contributed by atoms with E-state index in [0.29, 0.717) is 6.42 Å². The van der Waals surface area contributed by atoms with Gasteiger partial charge in [-0.2, -0.15) is 0 Å². The van der Waals surface area contributed by atoms with Gasteiger partial charge in [-0.25, -0.2) is 0 Å². The first kappa shape index (κ1) is 26.4. The zero-order chi connectivity index (χ0) is 24.4. The lowest BCUT2D eigenvalue weighted by molar-refractivity contribution is -0.131. The molecule has 1 aliphatic rings. The maximum absolute atomic E-state index is 13.1. The maximum atomic E-state index is 13.1. The smallest absolute Gasteiger partial charge is 0.243 e. The Morgan fingerprint density at radius 2 is 1.76 bits per heavy atom. The van der Waals surface area contributed by atoms with Crippen molar-refractivity contribution in [3.63, 3.8) is 0 Å². The van der Waals surface area contributed by atoms with Gasteiger partial charge in [0.25, 0.3) is 0 Å². The monoisotopic (exact) mass is 476 g/mol. The van der Waals surface area contributed by atoms with Crippen molar-refractivity contribution in [2.75, 3.05) is 12.3 Å². The number of hydrogen-bond acceptors (Lipinski definition) is 6. The zero-order valence-corrected chi connectivity index (χ0v) is 20.0. The number of carbonyl (C=O) groups excluding carboxylic acids is 5. The van der Waals surface area contributed by atoms with Crippen molar-refractivity contribution in [2.45, 2.75) is 58.2 Å². The summed E-state index contributed by atoms with van der Waals surface area (Å²) in [6, 6.07) is 6.67. The van der Waals surface area contributed by atoms with E-state index in [-0.39, 0.29) is 42.1 Å². The van der Waals surface area contributed by atoms with E-state index in [0.717, 1.165) is 17.3 Å². The van der Waals surface area contributed by atoms with Crippen LogP contribution in [0.25, 0.3) is 0 Å². The van der Waals surface area contributed by atoms with Crippen molar-refractivity contribution >= 4 is 40.5 Å². The van der Waals surface area contributed by atoms with Gasteiger partial charge in [-0.05, 0) is 17.9 Å². The number of rotatable bonds is 5. The van der Waals surface area contributed by atoms with Gasteiger partial charge in [0.15, 0.2) is 0 Å². The fourth-order valence-corrected chi connectivity index (χ4v) is 4.31. The molecule has 0 radical (unpaired) electrons. The minimum Gasteiger partial charge on any atom is -0.354 e. The molecule has 0 spiro atoms. The van der Waals surface area contributed by atoms with Crippen LogP contribution in [0.2, 0.25) is 0 Å². The lowest BCUT2D eigenvalue weighted by atomic mass is 10.0. The summed E-state index contributed by atoms with van der Waals surface area (Å²) in [4.78, 5) is 62.6. The van der Waals surface area contributed by atoms with Gasteiger partial charge < -0.3 is 21.3 Å². The summed E-state index contributed by atoms with van der Waals surface area (Å²) in [6.07, 6.45) is 0.658. The Kier molecular flexibility index (Phi) is 10.4. The summed E-state index contributed by atoms with van der Waals surface area (Å²) in [5.74, 6) is -1.55. The molecular formula is C23H32N4O5S. The molecule has 4 N–H and O–H groups in total. The molecule has 0 aromatic heterocycles. The van der Waals surface area contributed by atoms with Crippen molar-refractivity contribution in [3.05, 3.63) is 35.9 Å². The lowest BCUT2D eigenvalue weighted by Crippen LogP contribution is -2.54. The Balaban J connectivity index is 2.29. The first-order valence-corrected chi connectivity index (χ1v) is 12.0. The average Bonchev–Trinajstić information content (AvgIpc) is 2.74. The highest BCUT2D eigenvalue weighted by Gasteiger charge is 2.30. The fourth-order valence-electron chi connectivity index (χ4n) is 3.40. The summed E-state index contributed by atoms with van der Waals surface area (Å²) >= 11 is 0.885. The molecule has 33 heavy (non-hydrogen) atoms. The Bertz CT molecular complexity index is 862. The molecule has 3 atom stereocenters. The van der Waals surface area contributed by atoms with E-state index in [2.05, 4.69) is 21.3 Å². The second-order valence-corrected chi connectivity index (χ2v) is 9.45. The van der Waals surface area contributed by atoms with Crippen molar-refractivity contribution < 1.29 is 24.0 Å². The van der Waals surface area contributed by atoms with Crippen LogP contribution in [-0.2, 0) is 30.4 Å². The first-order valence-electron chi connectivity index (χ1n) is 11.0. The molecule has 1 fully saturated rings. The molecule has 10 heteroatoms. The number of hydrogen-bond donors (Lipinski definition) is 4. The molecule has 0 saturated carbocycles. The van der Waals surface area contributed by atoms with Crippen LogP contribution in [0.1, 0.15) is 39.2 Å². The van der Waals surface area contributed by atoms with Gasteiger partial charge in [-0.1, -0.05) is 55.9 Å². The minimum atomic E-state index is -0.941. The third-order valence-corrected chi connectivity index (χ3v) is 6.05. The predicted molar refractivity (Wildman–Crippen MR) is 126 cm³/mol. The largest absolute Gasteiger partial charge is 0.354 e. The van der Waals surface area contributed by atoms with E-state index in [1.54, 1.807) is 0 Å². The molecule has 1 saturated heterocycles. The molecule has 1 aliphatic heterocycles. The van der Waals surface area contributed by atoms with Crippen LogP contribution < -0.4 is 21.3 Å². The number of carbonyl (C=O) groups is 5. The third-order valence-electron chi connectivity index (χ3n) is 4.98. The van der Waals surface area contributed by atoms with Crippen molar-refractivity contribution in [2.24, 2.45) is 5.92 Å². The first-order chi connectivity index (χ1) is 15.7. The quantitative estimate of drug-likeness (QED) is 0.490. The highest BCUT2D eigenvalue weighted by Crippen LogP contribution is 2.15. The zero-order valence-electron chi connectivity index (χ0n) is 19.2. The van der Waals surface area contributed by atoms with Crippen molar-refractivity contribution in [1.29, 1.82) is 0 Å². The van der Waals surface area contributed by atoms with Gasteiger partial charge in [0, 0.05) is 32.1 Å². The standard InChI is InChI=1S/C23H32N4O5S/c1-14(2)11-17-22(31)27-18(12-16-7-5-4-6-8-16)23(32)33-13-19(25-15(3)28)21(30)24-10-9-20(29)26-17/h4-8,14,17-19H,9-13H2,1-3H3,(H,24,30)(H,25,28)(H,26,29)(H,27,31)/t17-,18-,19-/m0/s1. The molecule has 9 nitrogen and oxygen atoms in total. The molecule has 2 rings (SSSR count). The van der Waals surface area contributed by atoms with Crippen LogP contribution in [-0.4, -0.2) is 59.2 Å². The summed E-state index contributed by atoms with van der Waals surface area (Å²) < 4.78 is 0. The maximum Gasteiger partial charge on any atom is 0.243 e. The highest BCUT2D eigenvalue weighted by atomic mass is 32.2. The minimum absolute atomic E-state index is 0.00697. The number of thioether (sulfide) groups is 1. The Labute approximate surface area is 198 Å². The van der Waals surface area contributed by atoms with Crippen LogP contribution in [0.3, 0.4) is 0 Å². The van der Waals surface area contributed by atoms with Crippen LogP contribution in [0.15, 0.2) is 30.3 Å². The Morgan fingerprint density at radius 3 is 2.39 bits per heavy atom. The Hall–Kier alpha value is -2.88. The van der Waals surface area contributed by atoms with Gasteiger partial charge in [-0.15, -0.1) is 0 Å². The van der Waals surface area contributed by atoms with Gasteiger partial charge in [0.2, 0.25) is 28.7 Å². The SMILES string of the molecule is CC(=O)N[C@H]1CSC(=O)[C@H](Cc2ccccc2)NC(=O)[C@H](CC(C)C)NC(=O)CCNC1=O. The van der Waals surface area contributed by atoms with E-state index in [4.69, 9.17) is 0 Å². The van der Waals surface area contributed by atoms with Crippen LogP contribution in [0.5, 0.6) is 0 Å². The van der Waals surface area contributed by atoms with E-state index in [1.165, 1.54) is 6.92 Å². The third kappa shape index (κ3) is 9.25. The summed E-state index contributed by atoms with van der Waals surface area (Å²) in [5.41, 5.74) is 0.860. The van der Waals surface area contributed by atoms with Crippen LogP contribution in [0.4, 0.5) is 0 Å². The van der Waals surface area contributed by atoms with Gasteiger partial charge in [0.1, 0.15) is 18.1 Å². The fraction of sp³-hybridized carbons (Fsp3) is 0.522. The second-order valence-electron chi connectivity index (χ2n) is 8.42. The molecule has 1 aromatic carbocycles. The van der Waals surface area contributed by atoms with E-state index in [9.17, 15) is 24.0 Å². The molecule has 0 unspecified atom stereocenters. The topological polar surface area (TPSA) is 133 Å².